The normalized spacial score (nSPS) is 18.2. The van der Waals surface area contributed by atoms with Crippen LogP contribution in [0.4, 0.5) is 0 Å². The second-order valence-electron chi connectivity index (χ2n) is 12.5. The Morgan fingerprint density at radius 1 is 0.792 bits per heavy atom. The standard InChI is InChI=1S/C18H24N2O4.C18H28N2O2.2ClH/c1-11(21)19-8-6-16(22)20-9-7-12-10-15(23-2)18(24-3)13-4-5-14(20)17(12)13;1-4-19-9-5-10-20-11-8-13-12-16(21-2)18(22-3)14-6-7-15(20)17(13)14;;/h10,14H,4-9H2,1-3H3,(H,19,21);12,15,19H,4-11H2,1-3H3;2*1H. The molecular formula is C36H54Cl2N4O6. The Morgan fingerprint density at radius 2 is 1.35 bits per heavy atom. The molecule has 0 aromatic heterocycles. The van der Waals surface area contributed by atoms with Crippen molar-refractivity contribution < 1.29 is 28.5 Å². The number of methoxy groups -OCH3 is 4. The van der Waals surface area contributed by atoms with Gasteiger partial charge in [0.25, 0.3) is 0 Å². The number of nitrogens with one attached hydrogen (secondary N) is 2. The minimum Gasteiger partial charge on any atom is -0.493 e. The van der Waals surface area contributed by atoms with Crippen molar-refractivity contribution in [3.8, 4) is 23.0 Å². The summed E-state index contributed by atoms with van der Waals surface area (Å²) in [6.07, 6.45) is 7.65. The third-order valence-corrected chi connectivity index (χ3v) is 9.99. The molecule has 2 aromatic rings. The smallest absolute Gasteiger partial charge is 0.224 e. The van der Waals surface area contributed by atoms with E-state index >= 15 is 0 Å². The average Bonchev–Trinajstić information content (AvgIpc) is 3.71. The lowest BCUT2D eigenvalue weighted by atomic mass is 9.92. The summed E-state index contributed by atoms with van der Waals surface area (Å²) in [5, 5.41) is 6.11. The molecule has 0 spiro atoms. The van der Waals surface area contributed by atoms with Crippen LogP contribution in [0.5, 0.6) is 23.0 Å². The van der Waals surface area contributed by atoms with Crippen molar-refractivity contribution in [2.75, 3.05) is 67.7 Å². The van der Waals surface area contributed by atoms with Gasteiger partial charge < -0.3 is 34.5 Å². The minimum absolute atomic E-state index is 0. The van der Waals surface area contributed by atoms with Crippen molar-refractivity contribution in [1.82, 2.24) is 20.4 Å². The van der Waals surface area contributed by atoms with Crippen LogP contribution in [0.3, 0.4) is 0 Å². The van der Waals surface area contributed by atoms with Gasteiger partial charge in [0.1, 0.15) is 0 Å². The maximum atomic E-state index is 12.6. The highest BCUT2D eigenvalue weighted by Crippen LogP contribution is 2.50. The van der Waals surface area contributed by atoms with Gasteiger partial charge in [0.05, 0.1) is 34.5 Å². The van der Waals surface area contributed by atoms with Crippen LogP contribution in [-0.2, 0) is 35.3 Å². The van der Waals surface area contributed by atoms with E-state index in [2.05, 4.69) is 34.6 Å². The summed E-state index contributed by atoms with van der Waals surface area (Å²) in [4.78, 5) is 28.2. The van der Waals surface area contributed by atoms with E-state index in [0.29, 0.717) is 25.6 Å². The van der Waals surface area contributed by atoms with Gasteiger partial charge in [0, 0.05) is 50.1 Å². The second kappa shape index (κ2) is 18.2. The Bertz CT molecular complexity index is 1420. The summed E-state index contributed by atoms with van der Waals surface area (Å²) in [6, 6.07) is 4.95. The molecule has 2 aliphatic heterocycles. The van der Waals surface area contributed by atoms with Gasteiger partial charge in [0.2, 0.25) is 11.8 Å². The molecule has 12 heteroatoms. The average molecular weight is 710 g/mol. The molecule has 2 N–H and O–H groups in total. The van der Waals surface area contributed by atoms with Crippen LogP contribution in [0.15, 0.2) is 12.1 Å². The predicted molar refractivity (Wildman–Crippen MR) is 193 cm³/mol. The van der Waals surface area contributed by atoms with Crippen LogP contribution in [0.25, 0.3) is 0 Å². The van der Waals surface area contributed by atoms with Crippen LogP contribution >= 0.6 is 24.8 Å². The molecule has 10 nitrogen and oxygen atoms in total. The number of hydrogen-bond acceptors (Lipinski definition) is 8. The van der Waals surface area contributed by atoms with E-state index in [0.717, 1.165) is 68.2 Å². The topological polar surface area (TPSA) is 102 Å². The number of halogens is 2. The fourth-order valence-corrected chi connectivity index (χ4v) is 8.01. The van der Waals surface area contributed by atoms with Crippen molar-refractivity contribution in [2.45, 2.75) is 77.3 Å². The van der Waals surface area contributed by atoms with E-state index in [4.69, 9.17) is 18.9 Å². The van der Waals surface area contributed by atoms with Crippen LogP contribution in [0.2, 0.25) is 0 Å². The number of carbonyl (C=O) groups excluding carboxylic acids is 2. The Balaban J connectivity index is 0.000000251. The van der Waals surface area contributed by atoms with Crippen LogP contribution in [0.1, 0.15) is 85.0 Å². The molecule has 2 aliphatic carbocycles. The molecular weight excluding hydrogens is 655 g/mol. The second-order valence-corrected chi connectivity index (χ2v) is 12.5. The fourth-order valence-electron chi connectivity index (χ4n) is 8.01. The van der Waals surface area contributed by atoms with E-state index in [1.807, 2.05) is 4.90 Å². The summed E-state index contributed by atoms with van der Waals surface area (Å²) in [5.74, 6) is 3.42. The van der Waals surface area contributed by atoms with Gasteiger partial charge in [-0.15, -0.1) is 24.8 Å². The van der Waals surface area contributed by atoms with Gasteiger partial charge in [0.15, 0.2) is 23.0 Å². The molecule has 0 bridgehead atoms. The Labute approximate surface area is 298 Å². The Kier molecular flexibility index (Phi) is 15.0. The zero-order valence-electron chi connectivity index (χ0n) is 29.4. The third-order valence-electron chi connectivity index (χ3n) is 9.99. The molecule has 2 atom stereocenters. The monoisotopic (exact) mass is 708 g/mol. The number of benzene rings is 2. The molecule has 0 saturated carbocycles. The maximum Gasteiger partial charge on any atom is 0.224 e. The summed E-state index contributed by atoms with van der Waals surface area (Å²) in [6.45, 7) is 9.27. The molecule has 2 amide bonds. The molecule has 0 saturated heterocycles. The van der Waals surface area contributed by atoms with E-state index in [9.17, 15) is 9.59 Å². The molecule has 0 radical (unpaired) electrons. The van der Waals surface area contributed by atoms with Crippen LogP contribution < -0.4 is 29.6 Å². The summed E-state index contributed by atoms with van der Waals surface area (Å²) < 4.78 is 22.2. The van der Waals surface area contributed by atoms with Gasteiger partial charge in [-0.05, 0) is 99.0 Å². The zero-order valence-corrected chi connectivity index (χ0v) is 31.0. The fraction of sp³-hybridized carbons (Fsp3) is 0.611. The van der Waals surface area contributed by atoms with Crippen LogP contribution in [-0.4, -0.2) is 89.3 Å². The first kappa shape index (κ1) is 39.5. The Morgan fingerprint density at radius 3 is 1.90 bits per heavy atom. The van der Waals surface area contributed by atoms with Crippen LogP contribution in [0, 0.1) is 0 Å². The summed E-state index contributed by atoms with van der Waals surface area (Å²) in [5.41, 5.74) is 8.07. The first-order valence-electron chi connectivity index (χ1n) is 16.9. The molecule has 0 fully saturated rings. The first-order chi connectivity index (χ1) is 22.4. The molecule has 2 heterocycles. The number of hydrogen-bond donors (Lipinski definition) is 2. The SMILES string of the molecule is CCNCCCN1CCc2cc(OC)c(OC)c3c2C1CC3.COc1cc2c3c(c1OC)CCC3N(C(=O)CCNC(C)=O)CC2.Cl.Cl. The lowest BCUT2D eigenvalue weighted by Crippen LogP contribution is -2.40. The van der Waals surface area contributed by atoms with Crippen molar-refractivity contribution >= 4 is 36.6 Å². The van der Waals surface area contributed by atoms with Gasteiger partial charge >= 0.3 is 0 Å². The first-order valence-corrected chi connectivity index (χ1v) is 16.9. The van der Waals surface area contributed by atoms with Gasteiger partial charge in [-0.3, -0.25) is 14.5 Å². The quantitative estimate of drug-likeness (QED) is 0.298. The van der Waals surface area contributed by atoms with Gasteiger partial charge in [-0.2, -0.15) is 0 Å². The highest BCUT2D eigenvalue weighted by molar-refractivity contribution is 5.85. The zero-order chi connectivity index (χ0) is 32.8. The van der Waals surface area contributed by atoms with Gasteiger partial charge in [-0.1, -0.05) is 6.92 Å². The van der Waals surface area contributed by atoms with E-state index in [1.165, 1.54) is 66.2 Å². The van der Waals surface area contributed by atoms with Crippen molar-refractivity contribution in [1.29, 1.82) is 0 Å². The molecule has 48 heavy (non-hydrogen) atoms. The number of rotatable bonds is 12. The van der Waals surface area contributed by atoms with Crippen molar-refractivity contribution in [3.63, 3.8) is 0 Å². The van der Waals surface area contributed by atoms with Crippen molar-refractivity contribution in [3.05, 3.63) is 45.5 Å². The predicted octanol–water partition coefficient (Wildman–Crippen LogP) is 4.99. The maximum absolute atomic E-state index is 12.6. The van der Waals surface area contributed by atoms with Gasteiger partial charge in [-0.25, -0.2) is 0 Å². The number of amides is 2. The Hall–Kier alpha value is -2.92. The third kappa shape index (κ3) is 8.09. The van der Waals surface area contributed by atoms with E-state index in [1.54, 1.807) is 28.4 Å². The molecule has 2 unspecified atom stereocenters. The van der Waals surface area contributed by atoms with E-state index in [-0.39, 0.29) is 42.7 Å². The molecule has 268 valence electrons. The lowest BCUT2D eigenvalue weighted by molar-refractivity contribution is -0.134. The summed E-state index contributed by atoms with van der Waals surface area (Å²) >= 11 is 0. The van der Waals surface area contributed by atoms with E-state index < -0.39 is 0 Å². The highest BCUT2D eigenvalue weighted by Gasteiger charge is 2.39. The molecule has 6 rings (SSSR count). The minimum atomic E-state index is -0.105. The molecule has 4 aliphatic rings. The lowest BCUT2D eigenvalue weighted by Gasteiger charge is -2.35. The largest absolute Gasteiger partial charge is 0.493 e. The summed E-state index contributed by atoms with van der Waals surface area (Å²) in [7, 11) is 6.81. The number of nitrogens with zero attached hydrogens (tertiary/aromatic N) is 2. The number of carbonyl (C=O) groups is 2. The highest BCUT2D eigenvalue weighted by atomic mass is 35.5. The van der Waals surface area contributed by atoms with Crippen molar-refractivity contribution in [2.24, 2.45) is 0 Å². The number of ether oxygens (including phenoxy) is 4. The molecule has 2 aromatic carbocycles.